The number of carbonyl (C=O) groups excluding carboxylic acids is 4. The zero-order valence-electron chi connectivity index (χ0n) is 28.9. The third kappa shape index (κ3) is 15.8. The van der Waals surface area contributed by atoms with E-state index in [4.69, 9.17) is 5.26 Å². The van der Waals surface area contributed by atoms with Gasteiger partial charge in [-0.2, -0.15) is 18.4 Å². The molecule has 256 valence electrons. The Hall–Kier alpha value is -2.84. The number of likely N-dealkylation sites (tertiary alicyclic amines) is 1. The predicted octanol–water partition coefficient (Wildman–Crippen LogP) is 6.37. The lowest BCUT2D eigenvalue weighted by Gasteiger charge is -2.27. The number of nitriles is 1. The Kier molecular flexibility index (Phi) is 19.2. The number of alkyl carbamates (subject to hydrolysis) is 1. The van der Waals surface area contributed by atoms with Crippen molar-refractivity contribution < 1.29 is 37.1 Å². The lowest BCUT2D eigenvalue weighted by molar-refractivity contribution is -0.221. The number of piperidine rings is 1. The van der Waals surface area contributed by atoms with Crippen LogP contribution in [-0.2, 0) is 19.1 Å². The van der Waals surface area contributed by atoms with Crippen molar-refractivity contribution in [3.63, 3.8) is 0 Å². The first-order chi connectivity index (χ1) is 20.1. The number of rotatable bonds is 11. The predicted molar refractivity (Wildman–Crippen MR) is 165 cm³/mol. The number of halogens is 3. The van der Waals surface area contributed by atoms with Crippen molar-refractivity contribution in [2.45, 2.75) is 108 Å². The van der Waals surface area contributed by atoms with Gasteiger partial charge < -0.3 is 20.3 Å². The first-order valence-electron chi connectivity index (χ1n) is 15.4. The minimum absolute atomic E-state index is 0.0802. The molecule has 3 amide bonds. The van der Waals surface area contributed by atoms with Gasteiger partial charge in [0.15, 0.2) is 0 Å². The van der Waals surface area contributed by atoms with Crippen LogP contribution in [-0.4, -0.2) is 67.6 Å². The van der Waals surface area contributed by atoms with Crippen LogP contribution in [0.15, 0.2) is 0 Å². The average molecular weight is 635 g/mol. The second-order valence-electron chi connectivity index (χ2n) is 13.5. The molecule has 4 atom stereocenters. The second-order valence-corrected chi connectivity index (χ2v) is 13.5. The summed E-state index contributed by atoms with van der Waals surface area (Å²) in [7, 11) is 0. The van der Waals surface area contributed by atoms with Gasteiger partial charge in [0.25, 0.3) is 0 Å². The number of hydrogen-bond donors (Lipinski definition) is 2. The van der Waals surface area contributed by atoms with Crippen molar-refractivity contribution in [1.82, 2.24) is 15.5 Å². The fourth-order valence-corrected chi connectivity index (χ4v) is 4.50. The molecule has 0 radical (unpaired) electrons. The molecule has 0 bridgehead atoms. The standard InChI is InChI=1S/C15H23F3N2O3.C11H18N2O2.C4H10.C2H6/c1-13(2,15(16,17)18)8-23-12(22)19-5-11(21)20-6-9-10(7-20)14(9,3)4;1-8(2)4-10(9(3)15)5-11(6-12)13-7-14;1-4(2)3;1-2/h9-10H,5-8H2,1-4H3,(H,19,22);7-8,10-11H,4-5H2,1-3H3,(H,13,14);4H,1-3H3;1-2H3. The van der Waals surface area contributed by atoms with Gasteiger partial charge in [0.1, 0.15) is 25.0 Å². The van der Waals surface area contributed by atoms with Gasteiger partial charge in [0.05, 0.1) is 11.5 Å². The Morgan fingerprint density at radius 2 is 1.52 bits per heavy atom. The van der Waals surface area contributed by atoms with Gasteiger partial charge in [0, 0.05) is 19.0 Å². The SMILES string of the molecule is CC.CC(=O)C(CC(C)C)CC(C#N)NC=O.CC(C)C.CC1(C)C2CN(C(=O)CNC(=O)OCC(C)(C)C(F)(F)F)CC21. The van der Waals surface area contributed by atoms with Crippen LogP contribution in [0.5, 0.6) is 0 Å². The number of fused-ring (bicyclic) bond motifs is 1. The third-order valence-corrected chi connectivity index (χ3v) is 7.47. The summed E-state index contributed by atoms with van der Waals surface area (Å²) >= 11 is 0. The van der Waals surface area contributed by atoms with Crippen LogP contribution in [0.2, 0.25) is 0 Å². The van der Waals surface area contributed by atoms with Crippen molar-refractivity contribution in [3.05, 3.63) is 0 Å². The van der Waals surface area contributed by atoms with Crippen molar-refractivity contribution in [2.24, 2.45) is 40.4 Å². The summed E-state index contributed by atoms with van der Waals surface area (Å²) in [5.74, 6) is 1.96. The fraction of sp³-hybridized carbons (Fsp3) is 0.844. The summed E-state index contributed by atoms with van der Waals surface area (Å²) in [6.07, 6.45) is -3.82. The van der Waals surface area contributed by atoms with E-state index in [1.807, 2.05) is 33.8 Å². The molecule has 2 N–H and O–H groups in total. The second kappa shape index (κ2) is 19.5. The van der Waals surface area contributed by atoms with E-state index >= 15 is 0 Å². The van der Waals surface area contributed by atoms with E-state index in [1.165, 1.54) is 6.92 Å². The Morgan fingerprint density at radius 1 is 1.05 bits per heavy atom. The molecule has 2 rings (SSSR count). The maximum atomic E-state index is 12.6. The molecule has 4 unspecified atom stereocenters. The molecule has 12 heteroatoms. The number of ether oxygens (including phenoxy) is 1. The molecule has 0 aromatic heterocycles. The molecule has 2 fully saturated rings. The Labute approximate surface area is 263 Å². The van der Waals surface area contributed by atoms with E-state index < -0.39 is 30.3 Å². The summed E-state index contributed by atoms with van der Waals surface area (Å²) in [6, 6.07) is 1.41. The molecule has 0 aromatic rings. The highest BCUT2D eigenvalue weighted by Crippen LogP contribution is 2.61. The number of ketones is 1. The topological polar surface area (TPSA) is 129 Å². The van der Waals surface area contributed by atoms with Crippen molar-refractivity contribution in [2.75, 3.05) is 26.2 Å². The minimum Gasteiger partial charge on any atom is -0.449 e. The third-order valence-electron chi connectivity index (χ3n) is 7.47. The van der Waals surface area contributed by atoms with Gasteiger partial charge in [0.2, 0.25) is 12.3 Å². The fourth-order valence-electron chi connectivity index (χ4n) is 4.50. The normalized spacial score (nSPS) is 19.2. The molecular formula is C32H57F3N4O5. The van der Waals surface area contributed by atoms with E-state index in [0.29, 0.717) is 43.7 Å². The van der Waals surface area contributed by atoms with E-state index in [9.17, 15) is 32.3 Å². The highest BCUT2D eigenvalue weighted by molar-refractivity contribution is 5.82. The molecule has 9 nitrogen and oxygen atoms in total. The smallest absolute Gasteiger partial charge is 0.407 e. The number of nitrogens with zero attached hydrogens (tertiary/aromatic N) is 2. The molecular weight excluding hydrogens is 577 g/mol. The molecule has 1 saturated carbocycles. The van der Waals surface area contributed by atoms with Gasteiger partial charge in [-0.1, -0.05) is 62.3 Å². The van der Waals surface area contributed by atoms with E-state index in [1.54, 1.807) is 4.90 Å². The number of amides is 3. The Balaban J connectivity index is 0. The van der Waals surface area contributed by atoms with Crippen molar-refractivity contribution >= 4 is 24.2 Å². The zero-order chi connectivity index (χ0) is 35.1. The lowest BCUT2D eigenvalue weighted by Crippen LogP contribution is -2.43. The van der Waals surface area contributed by atoms with E-state index in [2.05, 4.69) is 50.0 Å². The average Bonchev–Trinajstić information content (AvgIpc) is 3.21. The first-order valence-corrected chi connectivity index (χ1v) is 15.4. The maximum Gasteiger partial charge on any atom is 0.407 e. The lowest BCUT2D eigenvalue weighted by atomic mass is 9.88. The maximum absolute atomic E-state index is 12.6. The Morgan fingerprint density at radius 3 is 1.89 bits per heavy atom. The molecule has 1 aliphatic carbocycles. The van der Waals surface area contributed by atoms with Crippen molar-refractivity contribution in [1.29, 1.82) is 5.26 Å². The number of carbonyl (C=O) groups is 4. The Bertz CT molecular complexity index is 928. The number of alkyl halides is 3. The van der Waals surface area contributed by atoms with Gasteiger partial charge in [-0.15, -0.1) is 0 Å². The summed E-state index contributed by atoms with van der Waals surface area (Å²) < 4.78 is 42.5. The summed E-state index contributed by atoms with van der Waals surface area (Å²) in [5.41, 5.74) is -1.84. The molecule has 2 aliphatic rings. The van der Waals surface area contributed by atoms with Gasteiger partial charge in [-0.3, -0.25) is 14.4 Å². The monoisotopic (exact) mass is 634 g/mol. The molecule has 1 heterocycles. The van der Waals surface area contributed by atoms with Crippen LogP contribution in [0.1, 0.15) is 95.9 Å². The van der Waals surface area contributed by atoms with Crippen molar-refractivity contribution in [3.8, 4) is 6.07 Å². The first kappa shape index (κ1) is 43.3. The highest BCUT2D eigenvalue weighted by Gasteiger charge is 2.62. The molecule has 1 saturated heterocycles. The summed E-state index contributed by atoms with van der Waals surface area (Å²) in [4.78, 5) is 46.6. The van der Waals surface area contributed by atoms with Crippen LogP contribution in [0.3, 0.4) is 0 Å². The highest BCUT2D eigenvalue weighted by atomic mass is 19.4. The molecule has 0 aromatic carbocycles. The van der Waals surface area contributed by atoms with Gasteiger partial charge in [-0.05, 0) is 62.7 Å². The van der Waals surface area contributed by atoms with Crippen LogP contribution in [0.25, 0.3) is 0 Å². The summed E-state index contributed by atoms with van der Waals surface area (Å²) in [6.45, 7) is 22.6. The van der Waals surface area contributed by atoms with E-state index in [0.717, 1.165) is 26.2 Å². The molecule has 44 heavy (non-hydrogen) atoms. The largest absolute Gasteiger partial charge is 0.449 e. The number of Topliss-reactive ketones (excluding diaryl/α,β-unsaturated/α-hetero) is 1. The molecule has 1 aliphatic heterocycles. The summed E-state index contributed by atoms with van der Waals surface area (Å²) in [5, 5.41) is 13.4. The number of hydrogen-bond acceptors (Lipinski definition) is 6. The van der Waals surface area contributed by atoms with Crippen LogP contribution in [0, 0.1) is 51.8 Å². The van der Waals surface area contributed by atoms with Crippen LogP contribution >= 0.6 is 0 Å². The van der Waals surface area contributed by atoms with Gasteiger partial charge >= 0.3 is 12.3 Å². The minimum atomic E-state index is -4.47. The molecule has 0 spiro atoms. The zero-order valence-corrected chi connectivity index (χ0v) is 28.9. The van der Waals surface area contributed by atoms with Crippen LogP contribution in [0.4, 0.5) is 18.0 Å². The number of nitrogens with one attached hydrogen (secondary N) is 2. The quantitative estimate of drug-likeness (QED) is 0.254. The van der Waals surface area contributed by atoms with Gasteiger partial charge in [-0.25, -0.2) is 4.79 Å². The van der Waals surface area contributed by atoms with E-state index in [-0.39, 0.29) is 29.6 Å². The van der Waals surface area contributed by atoms with Crippen LogP contribution < -0.4 is 10.6 Å².